The van der Waals surface area contributed by atoms with Gasteiger partial charge < -0.3 is 29.5 Å². The average Bonchev–Trinajstić information content (AvgIpc) is 3.00. The van der Waals surface area contributed by atoms with E-state index in [2.05, 4.69) is 27.1 Å². The van der Waals surface area contributed by atoms with Crippen LogP contribution in [0.15, 0.2) is 11.8 Å². The van der Waals surface area contributed by atoms with Gasteiger partial charge in [-0.05, 0) is 44.6 Å². The van der Waals surface area contributed by atoms with Crippen molar-refractivity contribution in [3.8, 4) is 0 Å². The largest absolute Gasteiger partial charge is 0.379 e. The Morgan fingerprint density at radius 1 is 1.02 bits per heavy atom. The molecule has 0 aromatic carbocycles. The number of piperazine rings is 1. The first-order valence-electron chi connectivity index (χ1n) is 16.3. The van der Waals surface area contributed by atoms with E-state index in [9.17, 15) is 9.59 Å². The number of ketones is 1. The van der Waals surface area contributed by atoms with Crippen LogP contribution >= 0.6 is 0 Å². The van der Waals surface area contributed by atoms with Crippen molar-refractivity contribution < 1.29 is 23.5 Å². The van der Waals surface area contributed by atoms with Crippen LogP contribution in [0.1, 0.15) is 44.9 Å². The Kier molecular flexibility index (Phi) is 8.14. The van der Waals surface area contributed by atoms with Crippen LogP contribution in [-0.2, 0) is 19.1 Å². The summed E-state index contributed by atoms with van der Waals surface area (Å²) in [6.07, 6.45) is 7.57. The minimum absolute atomic E-state index is 0.0224. The van der Waals surface area contributed by atoms with Gasteiger partial charge in [0.2, 0.25) is 0 Å². The standard InChI is InChI=1S/C31H48FN5O4/c1-34-10-12-36(13-11-34)31(39)23-19-37-25-7-6-20-4-2-3-5-21(20)29(25)41-30-26(24(32)18-22(27(30)37)28(23)38)33-8-9-35-14-16-40-17-15-35/h19-22,24-27,29-30,33H,2-18H2,1H3. The van der Waals surface area contributed by atoms with Gasteiger partial charge in [0.15, 0.2) is 5.78 Å². The van der Waals surface area contributed by atoms with Crippen LogP contribution < -0.4 is 5.32 Å². The lowest BCUT2D eigenvalue weighted by Gasteiger charge is -2.61. The number of ether oxygens (including phenoxy) is 2. The Balaban J connectivity index is 1.17. The molecule has 1 amide bonds. The van der Waals surface area contributed by atoms with Gasteiger partial charge in [-0.25, -0.2) is 4.39 Å². The summed E-state index contributed by atoms with van der Waals surface area (Å²) in [5.41, 5.74) is 0.270. The molecule has 9 nitrogen and oxygen atoms in total. The second-order valence-electron chi connectivity index (χ2n) is 13.7. The summed E-state index contributed by atoms with van der Waals surface area (Å²) in [5, 5.41) is 3.56. The number of carbonyl (C=O) groups excluding carboxylic acids is 2. The van der Waals surface area contributed by atoms with Crippen LogP contribution in [0.5, 0.6) is 0 Å². The maximum atomic E-state index is 16.2. The van der Waals surface area contributed by atoms with E-state index < -0.39 is 24.2 Å². The number of amides is 1. The van der Waals surface area contributed by atoms with E-state index in [1.807, 2.05) is 11.1 Å². The Labute approximate surface area is 243 Å². The number of likely N-dealkylation sites (N-methyl/N-ethyl adjacent to an activating group) is 1. The number of nitrogens with zero attached hydrogens (tertiary/aromatic N) is 4. The molecular formula is C31H48FN5O4. The third-order valence-electron chi connectivity index (χ3n) is 11.4. The molecule has 0 radical (unpaired) electrons. The highest BCUT2D eigenvalue weighted by molar-refractivity contribution is 6.20. The average molecular weight is 574 g/mol. The SMILES string of the molecule is CN1CCN(C(=O)C2=CN3C4CCC5CCCCC5C4OC4C(NCCN5CCOCC5)C(F)CC(C2=O)C43)CC1. The van der Waals surface area contributed by atoms with Gasteiger partial charge in [-0.3, -0.25) is 14.5 Å². The molecule has 9 atom stereocenters. The maximum Gasteiger partial charge on any atom is 0.259 e. The number of rotatable bonds is 5. The van der Waals surface area contributed by atoms with Crippen molar-refractivity contribution in [3.63, 3.8) is 0 Å². The molecular weight excluding hydrogens is 525 g/mol. The number of carbonyl (C=O) groups is 2. The van der Waals surface area contributed by atoms with Crippen molar-refractivity contribution in [3.05, 3.63) is 11.8 Å². The van der Waals surface area contributed by atoms with Crippen LogP contribution in [0, 0.1) is 17.8 Å². The van der Waals surface area contributed by atoms with Gasteiger partial charge in [0.25, 0.3) is 5.91 Å². The first-order chi connectivity index (χ1) is 20.0. The van der Waals surface area contributed by atoms with Crippen LogP contribution in [0.3, 0.4) is 0 Å². The minimum atomic E-state index is -1.20. The maximum absolute atomic E-state index is 16.2. The zero-order valence-electron chi connectivity index (χ0n) is 24.6. The number of hydrogen-bond acceptors (Lipinski definition) is 8. The number of halogens is 1. The normalized spacial score (nSPS) is 41.8. The molecule has 6 fully saturated rings. The lowest BCUT2D eigenvalue weighted by atomic mass is 9.64. The first kappa shape index (κ1) is 28.2. The van der Waals surface area contributed by atoms with Crippen molar-refractivity contribution in [2.75, 3.05) is 72.6 Å². The summed E-state index contributed by atoms with van der Waals surface area (Å²) in [5.74, 6) is 0.237. The van der Waals surface area contributed by atoms with Crippen molar-refractivity contribution in [1.29, 1.82) is 0 Å². The molecule has 3 aliphatic carbocycles. The molecule has 4 heterocycles. The van der Waals surface area contributed by atoms with Gasteiger partial charge in [0.1, 0.15) is 6.17 Å². The second-order valence-corrected chi connectivity index (χ2v) is 13.7. The molecule has 0 spiro atoms. The minimum Gasteiger partial charge on any atom is -0.379 e. The van der Waals surface area contributed by atoms with Crippen molar-refractivity contribution in [1.82, 2.24) is 24.9 Å². The van der Waals surface area contributed by atoms with Crippen LogP contribution in [-0.4, -0.2) is 140 Å². The summed E-state index contributed by atoms with van der Waals surface area (Å²) >= 11 is 0. The predicted octanol–water partition coefficient (Wildman–Crippen LogP) is 1.28. The van der Waals surface area contributed by atoms with Crippen molar-refractivity contribution in [2.24, 2.45) is 17.8 Å². The molecule has 41 heavy (non-hydrogen) atoms. The number of Topliss-reactive ketones (excluding diaryl/α,β-unsaturated/α-hetero) is 1. The van der Waals surface area contributed by atoms with Gasteiger partial charge in [-0.15, -0.1) is 0 Å². The molecule has 3 saturated carbocycles. The molecule has 1 N–H and O–H groups in total. The number of hydrogen-bond donors (Lipinski definition) is 1. The third kappa shape index (κ3) is 5.26. The second kappa shape index (κ2) is 11.8. The topological polar surface area (TPSA) is 77.6 Å². The molecule has 3 saturated heterocycles. The Bertz CT molecular complexity index is 1010. The van der Waals surface area contributed by atoms with E-state index in [1.165, 1.54) is 25.7 Å². The summed E-state index contributed by atoms with van der Waals surface area (Å²) in [6, 6.07) is -0.534. The van der Waals surface area contributed by atoms with Gasteiger partial charge in [0.05, 0.1) is 49.1 Å². The van der Waals surface area contributed by atoms with Gasteiger partial charge in [0, 0.05) is 64.5 Å². The molecule has 0 bridgehead atoms. The van der Waals surface area contributed by atoms with Gasteiger partial charge >= 0.3 is 0 Å². The summed E-state index contributed by atoms with van der Waals surface area (Å²) < 4.78 is 28.7. The fourth-order valence-electron chi connectivity index (χ4n) is 9.15. The van der Waals surface area contributed by atoms with Crippen molar-refractivity contribution >= 4 is 11.7 Å². The molecule has 0 aromatic rings. The zero-order chi connectivity index (χ0) is 28.1. The number of fused-ring (bicyclic) bond motifs is 4. The predicted molar refractivity (Wildman–Crippen MR) is 152 cm³/mol. The van der Waals surface area contributed by atoms with E-state index in [4.69, 9.17) is 9.47 Å². The zero-order valence-corrected chi connectivity index (χ0v) is 24.6. The Morgan fingerprint density at radius 3 is 2.61 bits per heavy atom. The summed E-state index contributed by atoms with van der Waals surface area (Å²) in [6.45, 7) is 7.67. The van der Waals surface area contributed by atoms with Crippen LogP contribution in [0.25, 0.3) is 0 Å². The van der Waals surface area contributed by atoms with Crippen molar-refractivity contribution in [2.45, 2.75) is 81.5 Å². The summed E-state index contributed by atoms with van der Waals surface area (Å²) in [7, 11) is 2.06. The number of nitrogens with one attached hydrogen (secondary N) is 1. The smallest absolute Gasteiger partial charge is 0.259 e. The van der Waals surface area contributed by atoms with E-state index in [0.717, 1.165) is 58.8 Å². The lowest BCUT2D eigenvalue weighted by Crippen LogP contribution is -2.74. The highest BCUT2D eigenvalue weighted by Gasteiger charge is 2.60. The Morgan fingerprint density at radius 2 is 1.80 bits per heavy atom. The molecule has 228 valence electrons. The fraction of sp³-hybridized carbons (Fsp3) is 0.871. The molecule has 10 heteroatoms. The molecule has 9 unspecified atom stereocenters. The number of alkyl halides is 1. The fourth-order valence-corrected chi connectivity index (χ4v) is 9.15. The number of morpholine rings is 2. The van der Waals surface area contributed by atoms with E-state index in [0.29, 0.717) is 31.5 Å². The highest BCUT2D eigenvalue weighted by atomic mass is 19.1. The first-order valence-corrected chi connectivity index (χ1v) is 16.3. The quantitative estimate of drug-likeness (QED) is 0.494. The Hall–Kier alpha value is -1.59. The molecule has 0 aromatic heterocycles. The van der Waals surface area contributed by atoms with E-state index >= 15 is 4.39 Å². The lowest BCUT2D eigenvalue weighted by molar-refractivity contribution is -0.220. The molecule has 7 rings (SSSR count). The molecule has 7 aliphatic rings. The van der Waals surface area contributed by atoms with E-state index in [-0.39, 0.29) is 41.9 Å². The van der Waals surface area contributed by atoms with Crippen LogP contribution in [0.2, 0.25) is 0 Å². The summed E-state index contributed by atoms with van der Waals surface area (Å²) in [4.78, 5) is 36.5. The van der Waals surface area contributed by atoms with E-state index in [1.54, 1.807) is 0 Å². The molecule has 4 aliphatic heterocycles. The van der Waals surface area contributed by atoms with Gasteiger partial charge in [-0.2, -0.15) is 0 Å². The van der Waals surface area contributed by atoms with Gasteiger partial charge in [-0.1, -0.05) is 19.3 Å². The highest BCUT2D eigenvalue weighted by Crippen LogP contribution is 2.50. The van der Waals surface area contributed by atoms with Crippen LogP contribution in [0.4, 0.5) is 4.39 Å². The monoisotopic (exact) mass is 573 g/mol. The third-order valence-corrected chi connectivity index (χ3v) is 11.4.